The van der Waals surface area contributed by atoms with Crippen molar-refractivity contribution >= 4 is 0 Å². The molecule has 1 atom stereocenters. The van der Waals surface area contributed by atoms with Gasteiger partial charge in [0.05, 0.1) is 6.61 Å². The average molecular weight is 235 g/mol. The van der Waals surface area contributed by atoms with Gasteiger partial charge in [-0.1, -0.05) is 32.4 Å². The third-order valence-electron chi connectivity index (χ3n) is 2.78. The van der Waals surface area contributed by atoms with Gasteiger partial charge in [-0.2, -0.15) is 0 Å². The molecule has 0 aliphatic rings. The molecular formula is C15H25NO. The van der Waals surface area contributed by atoms with Crippen LogP contribution in [-0.4, -0.2) is 19.2 Å². The molecule has 96 valence electrons. The molecule has 0 aliphatic carbocycles. The van der Waals surface area contributed by atoms with Gasteiger partial charge >= 0.3 is 0 Å². The van der Waals surface area contributed by atoms with Crippen molar-refractivity contribution in [1.82, 2.24) is 5.32 Å². The molecule has 0 aromatic heterocycles. The van der Waals surface area contributed by atoms with Crippen LogP contribution in [0.1, 0.15) is 39.2 Å². The predicted molar refractivity (Wildman–Crippen MR) is 73.7 cm³/mol. The van der Waals surface area contributed by atoms with Crippen molar-refractivity contribution in [2.24, 2.45) is 0 Å². The predicted octanol–water partition coefficient (Wildman–Crippen LogP) is 3.41. The van der Waals surface area contributed by atoms with Crippen LogP contribution in [0.4, 0.5) is 0 Å². The molecule has 1 aromatic carbocycles. The summed E-state index contributed by atoms with van der Waals surface area (Å²) < 4.78 is 5.64. The maximum Gasteiger partial charge on any atom is 0.119 e. The van der Waals surface area contributed by atoms with Gasteiger partial charge in [0.25, 0.3) is 0 Å². The molecule has 1 aromatic rings. The van der Waals surface area contributed by atoms with Crippen LogP contribution in [0, 0.1) is 0 Å². The van der Waals surface area contributed by atoms with Crippen molar-refractivity contribution in [3.8, 4) is 5.75 Å². The van der Waals surface area contributed by atoms with Crippen molar-refractivity contribution in [1.29, 1.82) is 0 Å². The van der Waals surface area contributed by atoms with Crippen molar-refractivity contribution in [3.63, 3.8) is 0 Å². The van der Waals surface area contributed by atoms with E-state index in [2.05, 4.69) is 50.4 Å². The highest BCUT2D eigenvalue weighted by molar-refractivity contribution is 5.27. The fraction of sp³-hybridized carbons (Fsp3) is 0.600. The Morgan fingerprint density at radius 1 is 1.18 bits per heavy atom. The van der Waals surface area contributed by atoms with Gasteiger partial charge < -0.3 is 10.1 Å². The summed E-state index contributed by atoms with van der Waals surface area (Å²) in [6, 6.07) is 9.00. The van der Waals surface area contributed by atoms with Crippen LogP contribution in [0.3, 0.4) is 0 Å². The molecule has 1 rings (SSSR count). The first-order chi connectivity index (χ1) is 8.26. The highest BCUT2D eigenvalue weighted by atomic mass is 16.5. The minimum Gasteiger partial charge on any atom is -0.494 e. The first-order valence-corrected chi connectivity index (χ1v) is 6.71. The van der Waals surface area contributed by atoms with Gasteiger partial charge in [-0.3, -0.25) is 0 Å². The molecule has 0 spiro atoms. The van der Waals surface area contributed by atoms with Crippen LogP contribution in [-0.2, 0) is 6.42 Å². The molecule has 0 fully saturated rings. The van der Waals surface area contributed by atoms with Crippen LogP contribution < -0.4 is 10.1 Å². The van der Waals surface area contributed by atoms with Crippen LogP contribution in [0.2, 0.25) is 0 Å². The molecule has 2 nitrogen and oxygen atoms in total. The van der Waals surface area contributed by atoms with Crippen LogP contribution in [0.25, 0.3) is 0 Å². The second-order valence-electron chi connectivity index (χ2n) is 4.51. The number of hydrogen-bond acceptors (Lipinski definition) is 2. The average Bonchev–Trinajstić information content (AvgIpc) is 2.32. The van der Waals surface area contributed by atoms with Gasteiger partial charge in [0, 0.05) is 6.04 Å². The second-order valence-corrected chi connectivity index (χ2v) is 4.51. The van der Waals surface area contributed by atoms with Crippen molar-refractivity contribution in [2.75, 3.05) is 13.2 Å². The van der Waals surface area contributed by atoms with E-state index in [1.807, 2.05) is 0 Å². The third-order valence-corrected chi connectivity index (χ3v) is 2.78. The molecule has 2 heteroatoms. The fourth-order valence-electron chi connectivity index (χ4n) is 1.83. The zero-order valence-electron chi connectivity index (χ0n) is 11.3. The SMILES string of the molecule is CCCCOc1ccc(CC(C)NCC)cc1. The maximum absolute atomic E-state index is 5.64. The molecule has 0 saturated carbocycles. The van der Waals surface area contributed by atoms with Crippen LogP contribution >= 0.6 is 0 Å². The quantitative estimate of drug-likeness (QED) is 0.697. The lowest BCUT2D eigenvalue weighted by Crippen LogP contribution is -2.27. The van der Waals surface area contributed by atoms with Crippen LogP contribution in [0.15, 0.2) is 24.3 Å². The third kappa shape index (κ3) is 5.73. The van der Waals surface area contributed by atoms with E-state index in [1.165, 1.54) is 12.0 Å². The first-order valence-electron chi connectivity index (χ1n) is 6.71. The monoisotopic (exact) mass is 235 g/mol. The summed E-state index contributed by atoms with van der Waals surface area (Å²) in [4.78, 5) is 0. The fourth-order valence-corrected chi connectivity index (χ4v) is 1.83. The lowest BCUT2D eigenvalue weighted by Gasteiger charge is -2.12. The molecule has 1 N–H and O–H groups in total. The van der Waals surface area contributed by atoms with E-state index in [9.17, 15) is 0 Å². The van der Waals surface area contributed by atoms with Gasteiger partial charge in [-0.25, -0.2) is 0 Å². The Bertz CT molecular complexity index is 294. The second kappa shape index (κ2) is 8.13. The zero-order valence-corrected chi connectivity index (χ0v) is 11.3. The Morgan fingerprint density at radius 3 is 2.47 bits per heavy atom. The van der Waals surface area contributed by atoms with E-state index in [-0.39, 0.29) is 0 Å². The van der Waals surface area contributed by atoms with E-state index in [1.54, 1.807) is 0 Å². The van der Waals surface area contributed by atoms with Gasteiger partial charge in [-0.05, 0) is 44.0 Å². The topological polar surface area (TPSA) is 21.3 Å². The zero-order chi connectivity index (χ0) is 12.5. The van der Waals surface area contributed by atoms with E-state index in [0.717, 1.165) is 31.7 Å². The van der Waals surface area contributed by atoms with Gasteiger partial charge in [0.15, 0.2) is 0 Å². The summed E-state index contributed by atoms with van der Waals surface area (Å²) in [7, 11) is 0. The molecule has 0 amide bonds. The number of benzene rings is 1. The lowest BCUT2D eigenvalue weighted by atomic mass is 10.1. The smallest absolute Gasteiger partial charge is 0.119 e. The van der Waals surface area contributed by atoms with E-state index in [0.29, 0.717) is 6.04 Å². The van der Waals surface area contributed by atoms with E-state index in [4.69, 9.17) is 4.74 Å². The highest BCUT2D eigenvalue weighted by Crippen LogP contribution is 2.13. The van der Waals surface area contributed by atoms with Crippen molar-refractivity contribution in [3.05, 3.63) is 29.8 Å². The molecule has 0 aliphatic heterocycles. The summed E-state index contributed by atoms with van der Waals surface area (Å²) in [5, 5.41) is 3.42. The number of nitrogens with one attached hydrogen (secondary N) is 1. The molecule has 0 saturated heterocycles. The summed E-state index contributed by atoms with van der Waals surface area (Å²) in [5.41, 5.74) is 1.36. The lowest BCUT2D eigenvalue weighted by molar-refractivity contribution is 0.309. The Labute approximate surface area is 105 Å². The largest absolute Gasteiger partial charge is 0.494 e. The molecular weight excluding hydrogens is 210 g/mol. The summed E-state index contributed by atoms with van der Waals surface area (Å²) >= 11 is 0. The van der Waals surface area contributed by atoms with E-state index < -0.39 is 0 Å². The van der Waals surface area contributed by atoms with Gasteiger partial charge in [0.1, 0.15) is 5.75 Å². The normalized spacial score (nSPS) is 12.4. The molecule has 0 heterocycles. The van der Waals surface area contributed by atoms with Gasteiger partial charge in [0.2, 0.25) is 0 Å². The Hall–Kier alpha value is -1.02. The minimum atomic E-state index is 0.534. The maximum atomic E-state index is 5.64. The standard InChI is InChI=1S/C15H25NO/c1-4-6-11-17-15-9-7-14(8-10-15)12-13(3)16-5-2/h7-10,13,16H,4-6,11-12H2,1-3H3. The summed E-state index contributed by atoms with van der Waals surface area (Å²) in [6.45, 7) is 8.38. The number of likely N-dealkylation sites (N-methyl/N-ethyl adjacent to an activating group) is 1. The number of unbranched alkanes of at least 4 members (excludes halogenated alkanes) is 1. The summed E-state index contributed by atoms with van der Waals surface area (Å²) in [6.07, 6.45) is 3.38. The van der Waals surface area contributed by atoms with Crippen molar-refractivity contribution in [2.45, 2.75) is 46.1 Å². The minimum absolute atomic E-state index is 0.534. The molecule has 0 radical (unpaired) electrons. The Balaban J connectivity index is 2.39. The Morgan fingerprint density at radius 2 is 1.88 bits per heavy atom. The molecule has 1 unspecified atom stereocenters. The number of ether oxygens (including phenoxy) is 1. The van der Waals surface area contributed by atoms with E-state index >= 15 is 0 Å². The number of rotatable bonds is 8. The number of hydrogen-bond donors (Lipinski definition) is 1. The summed E-state index contributed by atoms with van der Waals surface area (Å²) in [5.74, 6) is 0.985. The molecule has 0 bridgehead atoms. The van der Waals surface area contributed by atoms with Crippen molar-refractivity contribution < 1.29 is 4.74 Å². The van der Waals surface area contributed by atoms with Gasteiger partial charge in [-0.15, -0.1) is 0 Å². The first kappa shape index (κ1) is 14.0. The Kier molecular flexibility index (Phi) is 6.71. The molecule has 17 heavy (non-hydrogen) atoms. The highest BCUT2D eigenvalue weighted by Gasteiger charge is 2.01. The van der Waals surface area contributed by atoms with Crippen LogP contribution in [0.5, 0.6) is 5.75 Å².